The molecule has 1 aliphatic heterocycles. The topological polar surface area (TPSA) is 72.9 Å². The number of ether oxygens (including phenoxy) is 1. The van der Waals surface area contributed by atoms with Crippen LogP contribution >= 0.6 is 0 Å². The van der Waals surface area contributed by atoms with Gasteiger partial charge in [-0.3, -0.25) is 4.18 Å². The van der Waals surface area contributed by atoms with Crippen LogP contribution in [0.1, 0.15) is 40.0 Å². The summed E-state index contributed by atoms with van der Waals surface area (Å²) in [5, 5.41) is 0. The summed E-state index contributed by atoms with van der Waals surface area (Å²) in [5.41, 5.74) is -0.522. The average Bonchev–Trinajstić information content (AvgIpc) is 2.38. The molecule has 0 N–H and O–H groups in total. The minimum atomic E-state index is -3.44. The molecule has 0 aromatic carbocycles. The number of rotatable bonds is 2. The minimum absolute atomic E-state index is 0.345. The molecule has 7 heteroatoms. The monoisotopic (exact) mass is 293 g/mol. The van der Waals surface area contributed by atoms with Gasteiger partial charge in [-0.25, -0.2) is 4.79 Å². The Morgan fingerprint density at radius 2 is 1.84 bits per heavy atom. The molecule has 1 heterocycles. The van der Waals surface area contributed by atoms with Gasteiger partial charge in [-0.05, 0) is 40.0 Å². The van der Waals surface area contributed by atoms with Crippen molar-refractivity contribution in [3.63, 3.8) is 0 Å². The summed E-state index contributed by atoms with van der Waals surface area (Å²) in [6, 6.07) is 0. The normalized spacial score (nSPS) is 21.9. The first-order chi connectivity index (χ1) is 8.57. The van der Waals surface area contributed by atoms with E-state index >= 15 is 0 Å². The number of likely N-dealkylation sites (tertiary alicyclic amines) is 1. The number of nitrogens with zero attached hydrogens (tertiary/aromatic N) is 1. The summed E-state index contributed by atoms with van der Waals surface area (Å²) >= 11 is 0. The predicted octanol–water partition coefficient (Wildman–Crippen LogP) is 1.75. The Hall–Kier alpha value is -0.820. The number of hydrogen-bond donors (Lipinski definition) is 0. The van der Waals surface area contributed by atoms with Crippen LogP contribution in [0.4, 0.5) is 4.79 Å². The first kappa shape index (κ1) is 16.2. The Morgan fingerprint density at radius 1 is 1.21 bits per heavy atom. The van der Waals surface area contributed by atoms with E-state index in [0.29, 0.717) is 32.4 Å². The van der Waals surface area contributed by atoms with Crippen LogP contribution in [-0.4, -0.2) is 50.5 Å². The highest BCUT2D eigenvalue weighted by Gasteiger charge is 2.26. The molecule has 112 valence electrons. The van der Waals surface area contributed by atoms with Crippen LogP contribution < -0.4 is 0 Å². The highest BCUT2D eigenvalue weighted by atomic mass is 32.2. The van der Waals surface area contributed by atoms with Crippen molar-refractivity contribution in [1.82, 2.24) is 4.90 Å². The van der Waals surface area contributed by atoms with Crippen molar-refractivity contribution in [2.75, 3.05) is 19.3 Å². The lowest BCUT2D eigenvalue weighted by molar-refractivity contribution is 0.0253. The second kappa shape index (κ2) is 6.09. The van der Waals surface area contributed by atoms with Crippen LogP contribution in [0.2, 0.25) is 0 Å². The Balaban J connectivity index is 2.52. The molecular weight excluding hydrogens is 270 g/mol. The highest BCUT2D eigenvalue weighted by molar-refractivity contribution is 7.86. The molecule has 0 aromatic rings. The third-order valence-corrected chi connectivity index (χ3v) is 3.26. The predicted molar refractivity (Wildman–Crippen MR) is 71.4 cm³/mol. The molecule has 1 fully saturated rings. The maximum atomic E-state index is 11.9. The Morgan fingerprint density at radius 3 is 2.37 bits per heavy atom. The van der Waals surface area contributed by atoms with Gasteiger partial charge in [-0.1, -0.05) is 0 Å². The smallest absolute Gasteiger partial charge is 0.410 e. The van der Waals surface area contributed by atoms with Crippen LogP contribution in [0, 0.1) is 0 Å². The molecule has 1 rings (SSSR count). The van der Waals surface area contributed by atoms with Gasteiger partial charge in [0.1, 0.15) is 5.60 Å². The van der Waals surface area contributed by atoms with Gasteiger partial charge < -0.3 is 9.64 Å². The fraction of sp³-hybridized carbons (Fsp3) is 0.917. The van der Waals surface area contributed by atoms with E-state index in [1.807, 2.05) is 20.8 Å². The maximum Gasteiger partial charge on any atom is 0.410 e. The molecule has 0 radical (unpaired) electrons. The molecule has 1 aliphatic rings. The summed E-state index contributed by atoms with van der Waals surface area (Å²) in [5.74, 6) is 0. The first-order valence-electron chi connectivity index (χ1n) is 6.43. The first-order valence-corrected chi connectivity index (χ1v) is 8.25. The Labute approximate surface area is 115 Å². The fourth-order valence-corrected chi connectivity index (χ4v) is 2.61. The summed E-state index contributed by atoms with van der Waals surface area (Å²) in [4.78, 5) is 13.5. The van der Waals surface area contributed by atoms with Crippen molar-refractivity contribution in [2.45, 2.75) is 51.7 Å². The van der Waals surface area contributed by atoms with Crippen molar-refractivity contribution in [1.29, 1.82) is 0 Å². The third-order valence-electron chi connectivity index (χ3n) is 2.64. The summed E-state index contributed by atoms with van der Waals surface area (Å²) < 4.78 is 32.5. The van der Waals surface area contributed by atoms with E-state index < -0.39 is 15.7 Å². The van der Waals surface area contributed by atoms with Crippen molar-refractivity contribution >= 4 is 16.2 Å². The standard InChI is InChI=1S/C12H23NO5S/c1-12(2,3)17-11(14)13-8-5-6-10(7-9-13)18-19(4,15)16/h10H,5-9H2,1-4H3/t10-/m1/s1. The summed E-state index contributed by atoms with van der Waals surface area (Å²) in [6.07, 6.45) is 2.19. The maximum absolute atomic E-state index is 11.9. The van der Waals surface area contributed by atoms with Crippen molar-refractivity contribution in [2.24, 2.45) is 0 Å². The van der Waals surface area contributed by atoms with E-state index in [9.17, 15) is 13.2 Å². The molecule has 0 unspecified atom stereocenters. The molecule has 1 amide bonds. The Bertz CT molecular complexity index is 412. The zero-order valence-electron chi connectivity index (χ0n) is 12.0. The van der Waals surface area contributed by atoms with Gasteiger partial charge in [0.2, 0.25) is 0 Å². The number of amides is 1. The number of carbonyl (C=O) groups excluding carboxylic acids is 1. The quantitative estimate of drug-likeness (QED) is 0.725. The second-order valence-electron chi connectivity index (χ2n) is 5.82. The zero-order chi connectivity index (χ0) is 14.7. The lowest BCUT2D eigenvalue weighted by Gasteiger charge is -2.26. The fourth-order valence-electron chi connectivity index (χ4n) is 1.92. The second-order valence-corrected chi connectivity index (χ2v) is 7.42. The largest absolute Gasteiger partial charge is 0.444 e. The molecule has 0 aromatic heterocycles. The number of carbonyl (C=O) groups is 1. The van der Waals surface area contributed by atoms with Gasteiger partial charge in [0.15, 0.2) is 0 Å². The van der Waals surface area contributed by atoms with E-state index in [0.717, 1.165) is 6.26 Å². The molecule has 1 saturated heterocycles. The SMILES string of the molecule is CC(C)(C)OC(=O)N1CCC[C@@H](OS(C)(=O)=O)CC1. The molecule has 0 saturated carbocycles. The van der Waals surface area contributed by atoms with Crippen LogP contribution in [0.3, 0.4) is 0 Å². The van der Waals surface area contributed by atoms with E-state index in [2.05, 4.69) is 0 Å². The lowest BCUT2D eigenvalue weighted by Crippen LogP contribution is -2.37. The Kier molecular flexibility index (Phi) is 5.20. The van der Waals surface area contributed by atoms with Gasteiger partial charge in [-0.15, -0.1) is 0 Å². The van der Waals surface area contributed by atoms with Crippen molar-refractivity contribution < 1.29 is 22.1 Å². The molecular formula is C12H23NO5S. The lowest BCUT2D eigenvalue weighted by atomic mass is 10.2. The van der Waals surface area contributed by atoms with Gasteiger partial charge >= 0.3 is 6.09 Å². The van der Waals surface area contributed by atoms with Gasteiger partial charge in [0.05, 0.1) is 12.4 Å². The average molecular weight is 293 g/mol. The van der Waals surface area contributed by atoms with E-state index in [1.54, 1.807) is 4.90 Å². The molecule has 0 bridgehead atoms. The molecule has 6 nitrogen and oxygen atoms in total. The van der Waals surface area contributed by atoms with Crippen LogP contribution in [0.5, 0.6) is 0 Å². The zero-order valence-corrected chi connectivity index (χ0v) is 12.8. The van der Waals surface area contributed by atoms with Gasteiger partial charge in [0.25, 0.3) is 10.1 Å². The van der Waals surface area contributed by atoms with Crippen molar-refractivity contribution in [3.8, 4) is 0 Å². The molecule has 19 heavy (non-hydrogen) atoms. The van der Waals surface area contributed by atoms with Crippen LogP contribution in [0.15, 0.2) is 0 Å². The van der Waals surface area contributed by atoms with Gasteiger partial charge in [-0.2, -0.15) is 8.42 Å². The van der Waals surface area contributed by atoms with E-state index in [1.165, 1.54) is 0 Å². The highest BCUT2D eigenvalue weighted by Crippen LogP contribution is 2.18. The molecule has 0 spiro atoms. The van der Waals surface area contributed by atoms with E-state index in [-0.39, 0.29) is 12.2 Å². The molecule has 0 aliphatic carbocycles. The third kappa shape index (κ3) is 6.77. The summed E-state index contributed by atoms with van der Waals surface area (Å²) in [6.45, 7) is 6.47. The van der Waals surface area contributed by atoms with Gasteiger partial charge in [0, 0.05) is 13.1 Å². The molecule has 1 atom stereocenters. The number of hydrogen-bond acceptors (Lipinski definition) is 5. The summed E-state index contributed by atoms with van der Waals surface area (Å²) in [7, 11) is -3.44. The van der Waals surface area contributed by atoms with Crippen LogP contribution in [-0.2, 0) is 19.0 Å². The van der Waals surface area contributed by atoms with Crippen molar-refractivity contribution in [3.05, 3.63) is 0 Å². The van der Waals surface area contributed by atoms with Crippen LogP contribution in [0.25, 0.3) is 0 Å². The minimum Gasteiger partial charge on any atom is -0.444 e. The van der Waals surface area contributed by atoms with E-state index in [4.69, 9.17) is 8.92 Å².